The van der Waals surface area contributed by atoms with Crippen LogP contribution in [0.25, 0.3) is 0 Å². The summed E-state index contributed by atoms with van der Waals surface area (Å²) >= 11 is 0.230. The Morgan fingerprint density at radius 3 is 1.41 bits per heavy atom. The Kier molecular flexibility index (Phi) is 7.59. The summed E-state index contributed by atoms with van der Waals surface area (Å²) in [6, 6.07) is 9.04. The molecule has 0 aromatic heterocycles. The molecule has 2 aliphatic rings. The summed E-state index contributed by atoms with van der Waals surface area (Å²) in [7, 11) is 0. The number of carboxylic acids is 2. The third-order valence-corrected chi connectivity index (χ3v) is 3.24. The molecule has 0 fully saturated rings. The van der Waals surface area contributed by atoms with Gasteiger partial charge in [0.25, 0.3) is 0 Å². The molecular formula is C18H18O8Sn. The molecule has 0 aliphatic carbocycles. The number of hydrogen-bond donors (Lipinski definition) is 2. The topological polar surface area (TPSA) is 112 Å². The molecule has 9 heteroatoms. The van der Waals surface area contributed by atoms with E-state index >= 15 is 0 Å². The average molecular weight is 481 g/mol. The van der Waals surface area contributed by atoms with E-state index in [1.165, 1.54) is 24.3 Å². The quantitative estimate of drug-likeness (QED) is 0.631. The second kappa shape index (κ2) is 9.91. The molecule has 2 aliphatic heterocycles. The number of aromatic carboxylic acids is 2. The maximum atomic E-state index is 10.5. The van der Waals surface area contributed by atoms with Gasteiger partial charge < -0.3 is 29.2 Å². The van der Waals surface area contributed by atoms with Crippen LogP contribution in [-0.2, 0) is 0 Å². The number of carbonyl (C=O) groups is 2. The second-order valence-electron chi connectivity index (χ2n) is 5.25. The van der Waals surface area contributed by atoms with Gasteiger partial charge in [0.15, 0.2) is 23.0 Å². The molecule has 8 nitrogen and oxygen atoms in total. The molecule has 2 N–H and O–H groups in total. The first-order valence-corrected chi connectivity index (χ1v) is 13.5. The van der Waals surface area contributed by atoms with Crippen LogP contribution in [-0.4, -0.2) is 56.9 Å². The summed E-state index contributed by atoms with van der Waals surface area (Å²) in [6.45, 7) is 0.330. The summed E-state index contributed by atoms with van der Waals surface area (Å²) in [5.41, 5.74) is 0.415. The fourth-order valence-electron chi connectivity index (χ4n) is 2.06. The summed E-state index contributed by atoms with van der Waals surface area (Å²) in [6.07, 6.45) is 0. The van der Waals surface area contributed by atoms with Crippen LogP contribution in [0, 0.1) is 0 Å². The zero-order valence-corrected chi connectivity index (χ0v) is 17.6. The number of rotatable bonds is 2. The van der Waals surface area contributed by atoms with Crippen molar-refractivity contribution in [3.05, 3.63) is 47.5 Å². The molecule has 0 saturated heterocycles. The average Bonchev–Trinajstić information content (AvgIpc) is 3.30. The van der Waals surface area contributed by atoms with Gasteiger partial charge in [0.2, 0.25) is 13.6 Å². The van der Waals surface area contributed by atoms with Crippen molar-refractivity contribution in [2.24, 2.45) is 0 Å². The summed E-state index contributed by atoms with van der Waals surface area (Å²) < 4.78 is 20.0. The Hall–Kier alpha value is -2.62. The van der Waals surface area contributed by atoms with E-state index in [1.54, 1.807) is 12.1 Å². The summed E-state index contributed by atoms with van der Waals surface area (Å²) in [4.78, 5) is 25.6. The molecule has 0 bridgehead atoms. The van der Waals surface area contributed by atoms with E-state index in [2.05, 4.69) is 9.88 Å². The first-order chi connectivity index (χ1) is 13.0. The van der Waals surface area contributed by atoms with Gasteiger partial charge in [-0.1, -0.05) is 0 Å². The van der Waals surface area contributed by atoms with Crippen molar-refractivity contribution in [2.75, 3.05) is 13.6 Å². The van der Waals surface area contributed by atoms with Crippen molar-refractivity contribution in [3.63, 3.8) is 0 Å². The van der Waals surface area contributed by atoms with E-state index in [1.807, 2.05) is 0 Å². The van der Waals surface area contributed by atoms with Crippen LogP contribution in [0.4, 0.5) is 0 Å². The van der Waals surface area contributed by atoms with E-state index < -0.39 is 11.9 Å². The number of benzene rings is 2. The molecule has 27 heavy (non-hydrogen) atoms. The van der Waals surface area contributed by atoms with Crippen LogP contribution in [0.1, 0.15) is 20.7 Å². The molecule has 2 heterocycles. The molecule has 0 spiro atoms. The Labute approximate surface area is 165 Å². The minimum absolute atomic E-state index is 0.165. The van der Waals surface area contributed by atoms with E-state index in [-0.39, 0.29) is 45.9 Å². The molecule has 142 valence electrons. The molecular weight excluding hydrogens is 463 g/mol. The van der Waals surface area contributed by atoms with Crippen LogP contribution in [0.3, 0.4) is 0 Å². The van der Waals surface area contributed by atoms with Gasteiger partial charge >= 0.3 is 43.0 Å². The van der Waals surface area contributed by atoms with Crippen LogP contribution in [0.5, 0.6) is 23.0 Å². The predicted octanol–water partition coefficient (Wildman–Crippen LogP) is 3.01. The van der Waals surface area contributed by atoms with Gasteiger partial charge in [-0.05, 0) is 36.4 Å². The Balaban J connectivity index is 0.000000170. The van der Waals surface area contributed by atoms with Gasteiger partial charge in [-0.3, -0.25) is 0 Å². The Bertz CT molecular complexity index is 754. The molecule has 2 aromatic rings. The van der Waals surface area contributed by atoms with Gasteiger partial charge in [-0.15, -0.1) is 0 Å². The van der Waals surface area contributed by atoms with Gasteiger partial charge in [-0.25, -0.2) is 9.59 Å². The minimum atomic E-state index is -0.965. The molecule has 2 aromatic carbocycles. The zero-order chi connectivity index (χ0) is 19.8. The molecule has 2 radical (unpaired) electrons. The molecule has 0 unspecified atom stereocenters. The van der Waals surface area contributed by atoms with Crippen molar-refractivity contribution in [1.82, 2.24) is 0 Å². The fourth-order valence-corrected chi connectivity index (χ4v) is 2.06. The first kappa shape index (κ1) is 20.7. The first-order valence-electron chi connectivity index (χ1n) is 7.80. The monoisotopic (exact) mass is 482 g/mol. The standard InChI is InChI=1S/2C8H6O4.2CH3.Sn/c2*9-8(10)5-1-2-6-7(3-5)12-4-11-6;;;/h2*1-3H,4H2,(H,9,10);2*1H3;. The van der Waals surface area contributed by atoms with Crippen LogP contribution < -0.4 is 18.9 Å². The summed E-state index contributed by atoms with van der Waals surface area (Å²) in [5, 5.41) is 17.2. The van der Waals surface area contributed by atoms with Crippen LogP contribution in [0.2, 0.25) is 9.88 Å². The van der Waals surface area contributed by atoms with Crippen LogP contribution in [0.15, 0.2) is 36.4 Å². The second-order valence-corrected chi connectivity index (χ2v) is 8.10. The third kappa shape index (κ3) is 5.68. The van der Waals surface area contributed by atoms with Crippen molar-refractivity contribution in [1.29, 1.82) is 0 Å². The van der Waals surface area contributed by atoms with Gasteiger partial charge in [0, 0.05) is 0 Å². The molecule has 4 rings (SSSR count). The van der Waals surface area contributed by atoms with E-state index in [9.17, 15) is 9.59 Å². The fraction of sp³-hybridized carbons (Fsp3) is 0.222. The maximum absolute atomic E-state index is 10.5. The third-order valence-electron chi connectivity index (χ3n) is 3.24. The molecule has 0 atom stereocenters. The Morgan fingerprint density at radius 1 is 0.741 bits per heavy atom. The number of fused-ring (bicyclic) bond motifs is 2. The van der Waals surface area contributed by atoms with Crippen molar-refractivity contribution in [2.45, 2.75) is 9.88 Å². The van der Waals surface area contributed by atoms with Gasteiger partial charge in [-0.2, -0.15) is 0 Å². The summed E-state index contributed by atoms with van der Waals surface area (Å²) in [5.74, 6) is 0.256. The number of hydrogen-bond acceptors (Lipinski definition) is 6. The van der Waals surface area contributed by atoms with E-state index in [4.69, 9.17) is 29.2 Å². The molecule has 0 amide bonds. The normalized spacial score (nSPS) is 12.2. The number of carboxylic acid groups (broad SMARTS) is 2. The van der Waals surface area contributed by atoms with E-state index in [0.29, 0.717) is 23.0 Å². The van der Waals surface area contributed by atoms with Crippen LogP contribution >= 0.6 is 0 Å². The predicted molar refractivity (Wildman–Crippen MR) is 96.5 cm³/mol. The van der Waals surface area contributed by atoms with Crippen molar-refractivity contribution in [3.8, 4) is 23.0 Å². The zero-order valence-electron chi connectivity index (χ0n) is 14.7. The van der Waals surface area contributed by atoms with E-state index in [0.717, 1.165) is 0 Å². The number of ether oxygens (including phenoxy) is 4. The SMILES string of the molecule is O=C(O)c1ccc2c(c1)OCO2.O=C(O)c1ccc2c(c1)OCO2.[CH3][Sn][CH3]. The Morgan fingerprint density at radius 2 is 1.07 bits per heavy atom. The van der Waals surface area contributed by atoms with Gasteiger partial charge in [0.1, 0.15) is 0 Å². The van der Waals surface area contributed by atoms with Crippen molar-refractivity contribution >= 4 is 33.1 Å². The van der Waals surface area contributed by atoms with Crippen molar-refractivity contribution < 1.29 is 38.7 Å². The molecule has 0 saturated carbocycles. The van der Waals surface area contributed by atoms with Gasteiger partial charge in [0.05, 0.1) is 11.1 Å².